The van der Waals surface area contributed by atoms with E-state index >= 15 is 0 Å². The molecule has 1 heterocycles. The fourth-order valence-electron chi connectivity index (χ4n) is 3.59. The molecule has 1 fully saturated rings. The number of hydrogen-bond acceptors (Lipinski definition) is 10. The maximum atomic E-state index is 13.8. The third kappa shape index (κ3) is 9.76. The van der Waals surface area contributed by atoms with Crippen molar-refractivity contribution < 1.29 is 46.1 Å². The molecule has 1 N–H and O–H groups in total. The van der Waals surface area contributed by atoms with Crippen LogP contribution in [0.15, 0.2) is 0 Å². The van der Waals surface area contributed by atoms with Gasteiger partial charge in [-0.3, -0.25) is 22.9 Å². The van der Waals surface area contributed by atoms with Gasteiger partial charge in [0.2, 0.25) is 5.91 Å². The lowest BCUT2D eigenvalue weighted by atomic mass is 10.2. The maximum absolute atomic E-state index is 13.8. The van der Waals surface area contributed by atoms with E-state index in [4.69, 9.17) is 27.4 Å². The summed E-state index contributed by atoms with van der Waals surface area (Å²) in [6.07, 6.45) is 0.188. The summed E-state index contributed by atoms with van der Waals surface area (Å²) in [5, 5.41) is 2.52. The Morgan fingerprint density at radius 3 is 1.94 bits per heavy atom. The lowest BCUT2D eigenvalue weighted by Crippen LogP contribution is -2.52. The number of carbonyl (C=O) groups excluding carboxylic acids is 2. The SMILES string of the molecule is CCOP(=O)(OCC)O[C@@H]([C@@H]1CCCN1C(=O)[C@H](C)NC(=O)OC(C)(C)C)P(=O)(OCC)OCC. The van der Waals surface area contributed by atoms with Crippen molar-refractivity contribution >= 4 is 27.4 Å². The van der Waals surface area contributed by atoms with Crippen LogP contribution in [0.1, 0.15) is 68.2 Å². The first-order valence-electron chi connectivity index (χ1n) is 12.0. The molecule has 0 aromatic heterocycles. The van der Waals surface area contributed by atoms with Gasteiger partial charge in [0.05, 0.1) is 32.5 Å². The molecule has 35 heavy (non-hydrogen) atoms. The van der Waals surface area contributed by atoms with E-state index in [-0.39, 0.29) is 26.4 Å². The standard InChI is InChI=1S/C21H42N2O10P2/c1-9-28-34(26,29-10-2)19(33-35(27,30-11-3)31-12-4)17-14-13-15-23(17)18(24)16(5)22-20(25)32-21(6,7)8/h16-17,19H,9-15H2,1-8H3,(H,22,25)/t16-,17-,19+/m0/s1. The Morgan fingerprint density at radius 2 is 1.49 bits per heavy atom. The monoisotopic (exact) mass is 544 g/mol. The van der Waals surface area contributed by atoms with Crippen LogP contribution < -0.4 is 5.32 Å². The van der Waals surface area contributed by atoms with Crippen LogP contribution in [0.4, 0.5) is 4.79 Å². The fraction of sp³-hybridized carbons (Fsp3) is 0.905. The van der Waals surface area contributed by atoms with E-state index in [0.29, 0.717) is 19.4 Å². The lowest BCUT2D eigenvalue weighted by molar-refractivity contribution is -0.135. The Hall–Kier alpha value is -1.00. The number of alkyl carbamates (subject to hydrolysis) is 1. The fourth-order valence-corrected chi connectivity index (χ4v) is 7.45. The molecule has 2 amide bonds. The second-order valence-electron chi connectivity index (χ2n) is 8.76. The second-order valence-corrected chi connectivity index (χ2v) is 12.5. The first-order chi connectivity index (χ1) is 16.3. The molecule has 14 heteroatoms. The van der Waals surface area contributed by atoms with E-state index in [1.54, 1.807) is 48.5 Å². The topological polar surface area (TPSA) is 139 Å². The van der Waals surface area contributed by atoms with Crippen molar-refractivity contribution in [3.63, 3.8) is 0 Å². The zero-order chi connectivity index (χ0) is 26.9. The molecule has 0 aromatic carbocycles. The predicted octanol–water partition coefficient (Wildman–Crippen LogP) is 4.68. The molecule has 1 rings (SSSR count). The van der Waals surface area contributed by atoms with Crippen molar-refractivity contribution in [2.24, 2.45) is 0 Å². The van der Waals surface area contributed by atoms with Gasteiger partial charge in [0.1, 0.15) is 11.6 Å². The van der Waals surface area contributed by atoms with Crippen molar-refractivity contribution in [2.75, 3.05) is 33.0 Å². The molecule has 3 atom stereocenters. The lowest BCUT2D eigenvalue weighted by Gasteiger charge is -2.37. The van der Waals surface area contributed by atoms with Gasteiger partial charge in [-0.2, -0.15) is 0 Å². The van der Waals surface area contributed by atoms with Crippen LogP contribution in [0.5, 0.6) is 0 Å². The number of amides is 2. The summed E-state index contributed by atoms with van der Waals surface area (Å²) in [6.45, 7) is 13.6. The Morgan fingerprint density at radius 1 is 0.971 bits per heavy atom. The number of carbonyl (C=O) groups is 2. The summed E-state index contributed by atoms with van der Waals surface area (Å²) < 4.78 is 59.6. The number of phosphoric acid groups is 1. The van der Waals surface area contributed by atoms with Gasteiger partial charge in [-0.1, -0.05) is 0 Å². The average Bonchev–Trinajstić information content (AvgIpc) is 3.20. The molecule has 0 aliphatic carbocycles. The van der Waals surface area contributed by atoms with E-state index in [1.165, 1.54) is 11.8 Å². The maximum Gasteiger partial charge on any atom is 0.475 e. The molecule has 12 nitrogen and oxygen atoms in total. The van der Waals surface area contributed by atoms with Gasteiger partial charge >= 0.3 is 21.5 Å². The number of rotatable bonds is 14. The van der Waals surface area contributed by atoms with Crippen molar-refractivity contribution in [1.82, 2.24) is 10.2 Å². The minimum Gasteiger partial charge on any atom is -0.444 e. The molecular formula is C21H42N2O10P2. The molecule has 1 aliphatic rings. The third-order valence-electron chi connectivity index (χ3n) is 4.76. The summed E-state index contributed by atoms with van der Waals surface area (Å²) in [5.74, 6) is -1.89. The molecule has 1 aliphatic heterocycles. The van der Waals surface area contributed by atoms with Crippen molar-refractivity contribution in [3.05, 3.63) is 0 Å². The van der Waals surface area contributed by atoms with E-state index < -0.39 is 50.9 Å². The minimum atomic E-state index is -4.16. The summed E-state index contributed by atoms with van der Waals surface area (Å²) in [5.41, 5.74) is -0.733. The molecular weight excluding hydrogens is 502 g/mol. The highest BCUT2D eigenvalue weighted by molar-refractivity contribution is 7.56. The first kappa shape index (κ1) is 32.0. The number of ether oxygens (including phenoxy) is 1. The second kappa shape index (κ2) is 14.1. The van der Waals surface area contributed by atoms with Crippen molar-refractivity contribution in [2.45, 2.75) is 91.8 Å². The van der Waals surface area contributed by atoms with Crippen LogP contribution in [0.3, 0.4) is 0 Å². The summed E-state index contributed by atoms with van der Waals surface area (Å²) in [6, 6.07) is -1.78. The molecule has 0 radical (unpaired) electrons. The summed E-state index contributed by atoms with van der Waals surface area (Å²) >= 11 is 0. The van der Waals surface area contributed by atoms with E-state index in [0.717, 1.165) is 0 Å². The van der Waals surface area contributed by atoms with E-state index in [9.17, 15) is 18.7 Å². The van der Waals surface area contributed by atoms with Crippen LogP contribution in [0, 0.1) is 0 Å². The van der Waals surface area contributed by atoms with Gasteiger partial charge < -0.3 is 24.0 Å². The normalized spacial score (nSPS) is 18.9. The largest absolute Gasteiger partial charge is 0.475 e. The van der Waals surface area contributed by atoms with Gasteiger partial charge in [-0.05, 0) is 68.2 Å². The smallest absolute Gasteiger partial charge is 0.444 e. The highest BCUT2D eigenvalue weighted by Gasteiger charge is 2.52. The molecule has 0 saturated carbocycles. The number of likely N-dealkylation sites (tertiary alicyclic amines) is 1. The molecule has 0 aromatic rings. The Balaban J connectivity index is 3.29. The highest BCUT2D eigenvalue weighted by atomic mass is 31.2. The number of phosphoric ester groups is 1. The number of nitrogens with zero attached hydrogens (tertiary/aromatic N) is 1. The number of nitrogens with one attached hydrogen (secondary N) is 1. The van der Waals surface area contributed by atoms with E-state index in [2.05, 4.69) is 5.32 Å². The van der Waals surface area contributed by atoms with Crippen LogP contribution >= 0.6 is 15.4 Å². The Kier molecular flexibility index (Phi) is 12.9. The average molecular weight is 545 g/mol. The summed E-state index contributed by atoms with van der Waals surface area (Å²) in [4.78, 5) is 26.9. The zero-order valence-corrected chi connectivity index (χ0v) is 23.9. The van der Waals surface area contributed by atoms with Crippen LogP contribution in [0.2, 0.25) is 0 Å². The van der Waals surface area contributed by atoms with Gasteiger partial charge in [-0.15, -0.1) is 0 Å². The van der Waals surface area contributed by atoms with Crippen molar-refractivity contribution in [3.8, 4) is 0 Å². The van der Waals surface area contributed by atoms with Crippen molar-refractivity contribution in [1.29, 1.82) is 0 Å². The van der Waals surface area contributed by atoms with Gasteiger partial charge in [0.15, 0.2) is 5.85 Å². The van der Waals surface area contributed by atoms with E-state index in [1.807, 2.05) is 0 Å². The minimum absolute atomic E-state index is 0.0156. The predicted molar refractivity (Wildman–Crippen MR) is 130 cm³/mol. The zero-order valence-electron chi connectivity index (χ0n) is 22.1. The Bertz CT molecular complexity index is 769. The van der Waals surface area contributed by atoms with Crippen LogP contribution in [-0.4, -0.2) is 73.4 Å². The summed E-state index contributed by atoms with van der Waals surface area (Å²) in [7, 11) is -8.20. The Labute approximate surface area is 208 Å². The van der Waals surface area contributed by atoms with Gasteiger partial charge in [0.25, 0.3) is 0 Å². The van der Waals surface area contributed by atoms with Crippen LogP contribution in [0.25, 0.3) is 0 Å². The third-order valence-corrected chi connectivity index (χ3v) is 8.87. The quantitative estimate of drug-likeness (QED) is 0.307. The molecule has 0 bridgehead atoms. The molecule has 1 saturated heterocycles. The molecule has 0 spiro atoms. The highest BCUT2D eigenvalue weighted by Crippen LogP contribution is 2.63. The van der Waals surface area contributed by atoms with Crippen LogP contribution in [-0.2, 0) is 41.3 Å². The molecule has 0 unspecified atom stereocenters. The van der Waals surface area contributed by atoms with Gasteiger partial charge in [-0.25, -0.2) is 9.36 Å². The number of hydrogen-bond donors (Lipinski definition) is 1. The molecule has 206 valence electrons. The first-order valence-corrected chi connectivity index (χ1v) is 15.1. The van der Waals surface area contributed by atoms with Gasteiger partial charge in [0, 0.05) is 6.54 Å².